The summed E-state index contributed by atoms with van der Waals surface area (Å²) < 4.78 is 0. The van der Waals surface area contributed by atoms with Gasteiger partial charge in [0.1, 0.15) is 5.92 Å². The monoisotopic (exact) mass is 250 g/mol. The fraction of sp³-hybridized carbons (Fsp3) is 0.0833. The molecule has 0 radical (unpaired) electrons. The smallest absolute Gasteiger partial charge is 0.337 e. The van der Waals surface area contributed by atoms with E-state index in [1.807, 2.05) is 0 Å². The van der Waals surface area contributed by atoms with E-state index in [4.69, 9.17) is 15.3 Å². The van der Waals surface area contributed by atoms with E-state index in [0.29, 0.717) is 0 Å². The fourth-order valence-corrected chi connectivity index (χ4v) is 1.78. The average Bonchev–Trinajstić information content (AvgIpc) is 2.21. The molecule has 0 heterocycles. The van der Waals surface area contributed by atoms with Crippen LogP contribution in [0.3, 0.4) is 0 Å². The molecule has 0 aromatic rings. The highest BCUT2D eigenvalue weighted by atomic mass is 16.4. The van der Waals surface area contributed by atoms with Crippen LogP contribution in [0.15, 0.2) is 47.6 Å². The first-order chi connectivity index (χ1) is 8.20. The Morgan fingerprint density at radius 1 is 0.833 bits per heavy atom. The van der Waals surface area contributed by atoms with Crippen LogP contribution in [0.1, 0.15) is 0 Å². The van der Waals surface area contributed by atoms with Crippen molar-refractivity contribution in [2.45, 2.75) is 0 Å². The highest BCUT2D eigenvalue weighted by molar-refractivity contribution is 6.09. The topological polar surface area (TPSA) is 112 Å². The van der Waals surface area contributed by atoms with Crippen molar-refractivity contribution < 1.29 is 29.7 Å². The normalized spacial score (nSPS) is 20.0. The summed E-state index contributed by atoms with van der Waals surface area (Å²) in [6.07, 6.45) is 0. The van der Waals surface area contributed by atoms with Crippen molar-refractivity contribution in [3.05, 3.63) is 47.6 Å². The maximum atomic E-state index is 11.1. The minimum Gasteiger partial charge on any atom is -0.481 e. The van der Waals surface area contributed by atoms with Crippen LogP contribution >= 0.6 is 0 Å². The first-order valence-corrected chi connectivity index (χ1v) is 4.71. The zero-order valence-corrected chi connectivity index (χ0v) is 9.27. The Bertz CT molecular complexity index is 549. The Kier molecular flexibility index (Phi) is 3.23. The molecule has 3 N–H and O–H groups in total. The first-order valence-electron chi connectivity index (χ1n) is 4.71. The lowest BCUT2D eigenvalue weighted by Crippen LogP contribution is -2.29. The van der Waals surface area contributed by atoms with Gasteiger partial charge in [0.15, 0.2) is 0 Å². The number of aliphatic carboxylic acids is 3. The second-order valence-corrected chi connectivity index (χ2v) is 3.66. The van der Waals surface area contributed by atoms with E-state index < -0.39 is 35.0 Å². The van der Waals surface area contributed by atoms with Crippen molar-refractivity contribution in [3.8, 4) is 0 Å². The van der Waals surface area contributed by atoms with Gasteiger partial charge in [-0.25, -0.2) is 9.59 Å². The Hall–Kier alpha value is -2.63. The van der Waals surface area contributed by atoms with Gasteiger partial charge in [0.25, 0.3) is 0 Å². The molecule has 0 saturated heterocycles. The number of carbonyl (C=O) groups is 3. The van der Waals surface area contributed by atoms with E-state index in [0.717, 1.165) is 0 Å². The molecule has 1 aliphatic rings. The van der Waals surface area contributed by atoms with Crippen LogP contribution in [0.2, 0.25) is 0 Å². The van der Waals surface area contributed by atoms with Gasteiger partial charge in [-0.15, -0.1) is 0 Å². The summed E-state index contributed by atoms with van der Waals surface area (Å²) >= 11 is 0. The standard InChI is InChI=1S/C12H10O6/c1-4-5(2)8(11(15)16)9(12(17)18)6(3)7(4)10(13)14/h7H,1-3H2,(H,13,14)(H,15,16)(H,17,18). The minimum atomic E-state index is -1.56. The van der Waals surface area contributed by atoms with Gasteiger partial charge >= 0.3 is 17.9 Å². The first kappa shape index (κ1) is 13.4. The molecule has 1 unspecified atom stereocenters. The Labute approximate surface area is 102 Å². The molecule has 6 heteroatoms. The van der Waals surface area contributed by atoms with E-state index in [1.54, 1.807) is 0 Å². The third-order valence-electron chi connectivity index (χ3n) is 2.63. The van der Waals surface area contributed by atoms with E-state index >= 15 is 0 Å². The molecule has 0 amide bonds. The molecule has 0 saturated carbocycles. The number of hydrogen-bond donors (Lipinski definition) is 3. The maximum Gasteiger partial charge on any atom is 0.337 e. The van der Waals surface area contributed by atoms with Crippen LogP contribution in [0, 0.1) is 5.92 Å². The van der Waals surface area contributed by atoms with Crippen LogP contribution in [-0.2, 0) is 14.4 Å². The molecule has 1 aliphatic carbocycles. The van der Waals surface area contributed by atoms with Gasteiger partial charge in [-0.3, -0.25) is 4.79 Å². The molecule has 18 heavy (non-hydrogen) atoms. The van der Waals surface area contributed by atoms with Crippen LogP contribution < -0.4 is 0 Å². The predicted molar refractivity (Wildman–Crippen MR) is 60.8 cm³/mol. The maximum absolute atomic E-state index is 11.1. The summed E-state index contributed by atoms with van der Waals surface area (Å²) in [5, 5.41) is 27.0. The SMILES string of the molecule is C=C1C(=C)C(C(=O)O)C(=C)C(C(=O)O)=C1C(=O)O. The van der Waals surface area contributed by atoms with Gasteiger partial charge in [-0.1, -0.05) is 19.7 Å². The van der Waals surface area contributed by atoms with Crippen LogP contribution in [-0.4, -0.2) is 33.2 Å². The lowest BCUT2D eigenvalue weighted by molar-refractivity contribution is -0.139. The van der Waals surface area contributed by atoms with Crippen LogP contribution in [0.4, 0.5) is 0 Å². The van der Waals surface area contributed by atoms with Crippen molar-refractivity contribution >= 4 is 17.9 Å². The number of hydrogen-bond acceptors (Lipinski definition) is 3. The summed E-state index contributed by atoms with van der Waals surface area (Å²) in [5.41, 5.74) is -1.82. The van der Waals surface area contributed by atoms with Gasteiger partial charge in [-0.2, -0.15) is 0 Å². The van der Waals surface area contributed by atoms with Crippen molar-refractivity contribution in [2.75, 3.05) is 0 Å². The van der Waals surface area contributed by atoms with Crippen molar-refractivity contribution in [3.63, 3.8) is 0 Å². The molecular formula is C12H10O6. The zero-order valence-electron chi connectivity index (χ0n) is 9.27. The summed E-state index contributed by atoms with van der Waals surface area (Å²) in [6.45, 7) is 10.2. The van der Waals surface area contributed by atoms with Gasteiger partial charge in [0.2, 0.25) is 0 Å². The summed E-state index contributed by atoms with van der Waals surface area (Å²) in [6, 6.07) is 0. The second-order valence-electron chi connectivity index (χ2n) is 3.66. The van der Waals surface area contributed by atoms with E-state index in [1.165, 1.54) is 0 Å². The lowest BCUT2D eigenvalue weighted by Gasteiger charge is -2.27. The predicted octanol–water partition coefficient (Wildman–Crippen LogP) is 0.835. The summed E-state index contributed by atoms with van der Waals surface area (Å²) in [5.74, 6) is -5.79. The molecule has 0 aromatic heterocycles. The van der Waals surface area contributed by atoms with Crippen molar-refractivity contribution in [2.24, 2.45) is 5.92 Å². The molecule has 0 spiro atoms. The molecule has 0 aromatic carbocycles. The average molecular weight is 250 g/mol. The molecule has 1 rings (SSSR count). The Morgan fingerprint density at radius 3 is 1.61 bits per heavy atom. The molecular weight excluding hydrogens is 240 g/mol. The Balaban J connectivity index is 3.63. The van der Waals surface area contributed by atoms with Gasteiger partial charge < -0.3 is 15.3 Å². The second kappa shape index (κ2) is 4.33. The molecule has 6 nitrogen and oxygen atoms in total. The quantitative estimate of drug-likeness (QED) is 0.684. The number of rotatable bonds is 3. The number of carboxylic acid groups (broad SMARTS) is 3. The molecule has 1 atom stereocenters. The molecule has 94 valence electrons. The summed E-state index contributed by atoms with van der Waals surface area (Å²) in [4.78, 5) is 33.1. The van der Waals surface area contributed by atoms with Gasteiger partial charge in [0, 0.05) is 0 Å². The van der Waals surface area contributed by atoms with Crippen LogP contribution in [0.5, 0.6) is 0 Å². The fourth-order valence-electron chi connectivity index (χ4n) is 1.78. The largest absolute Gasteiger partial charge is 0.481 e. The Morgan fingerprint density at radius 2 is 1.28 bits per heavy atom. The third kappa shape index (κ3) is 1.84. The number of carboxylic acids is 3. The lowest BCUT2D eigenvalue weighted by atomic mass is 9.75. The van der Waals surface area contributed by atoms with Gasteiger partial charge in [-0.05, 0) is 16.7 Å². The minimum absolute atomic E-state index is 0.0742. The summed E-state index contributed by atoms with van der Waals surface area (Å²) in [7, 11) is 0. The van der Waals surface area contributed by atoms with Crippen molar-refractivity contribution in [1.29, 1.82) is 0 Å². The zero-order chi connectivity index (χ0) is 14.2. The van der Waals surface area contributed by atoms with Crippen LogP contribution in [0.25, 0.3) is 0 Å². The highest BCUT2D eigenvalue weighted by Crippen LogP contribution is 2.39. The molecule has 0 aliphatic heterocycles. The molecule has 0 fully saturated rings. The highest BCUT2D eigenvalue weighted by Gasteiger charge is 2.39. The molecule has 0 bridgehead atoms. The van der Waals surface area contributed by atoms with Crippen molar-refractivity contribution in [1.82, 2.24) is 0 Å². The van der Waals surface area contributed by atoms with E-state index in [2.05, 4.69) is 19.7 Å². The van der Waals surface area contributed by atoms with E-state index in [9.17, 15) is 14.4 Å². The third-order valence-corrected chi connectivity index (χ3v) is 2.63. The van der Waals surface area contributed by atoms with E-state index in [-0.39, 0.29) is 16.7 Å². The van der Waals surface area contributed by atoms with Gasteiger partial charge in [0.05, 0.1) is 11.1 Å².